The Labute approximate surface area is 173 Å². The number of carbonyl (C=O) groups excluding carboxylic acids is 2. The fraction of sp³-hybridized carbons (Fsp3) is 0.333. The molecule has 0 aromatic carbocycles. The van der Waals surface area contributed by atoms with Gasteiger partial charge in [-0.05, 0) is 31.6 Å². The van der Waals surface area contributed by atoms with E-state index in [9.17, 15) is 9.59 Å². The third-order valence-electron chi connectivity index (χ3n) is 6.21. The molecule has 1 aliphatic carbocycles. The molecule has 8 heteroatoms. The number of carbonyl (C=O) groups is 2. The number of rotatable bonds is 2. The van der Waals surface area contributed by atoms with Gasteiger partial charge in [0.05, 0.1) is 5.56 Å². The van der Waals surface area contributed by atoms with Gasteiger partial charge in [0.2, 0.25) is 0 Å². The zero-order chi connectivity index (χ0) is 20.3. The quantitative estimate of drug-likeness (QED) is 0.764. The van der Waals surface area contributed by atoms with Crippen LogP contribution in [0.4, 0.5) is 0 Å². The van der Waals surface area contributed by atoms with Crippen LogP contribution < -0.4 is 0 Å². The number of fused-ring (bicyclic) bond motifs is 3. The monoisotopic (exact) mass is 409 g/mol. The minimum atomic E-state index is -0.923. The molecule has 2 aromatic rings. The highest BCUT2D eigenvalue weighted by Gasteiger charge is 2.62. The Balaban J connectivity index is 1.69. The van der Waals surface area contributed by atoms with E-state index in [2.05, 4.69) is 10.1 Å². The SMILES string of the molecule is Cc1cc(C(=O)N2CCN3C(=O)c4ccncc4C23C2C=CC(Cl)=CC2)nn1C. The summed E-state index contributed by atoms with van der Waals surface area (Å²) in [5, 5.41) is 5.05. The van der Waals surface area contributed by atoms with Crippen molar-refractivity contribution in [1.82, 2.24) is 24.6 Å². The fourth-order valence-electron chi connectivity index (χ4n) is 4.81. The predicted octanol–water partition coefficient (Wildman–Crippen LogP) is 2.59. The second-order valence-corrected chi connectivity index (χ2v) is 8.08. The van der Waals surface area contributed by atoms with E-state index in [1.807, 2.05) is 37.1 Å². The standard InChI is InChI=1S/C21H20ClN5O2/c1-13-11-18(24-25(13)2)20(29)27-10-9-26-19(28)16-7-8-23-12-17(16)21(26,27)14-3-5-15(22)6-4-14/h3,5-8,11-12,14H,4,9-10H2,1-2H3. The lowest BCUT2D eigenvalue weighted by molar-refractivity contribution is -0.00142. The van der Waals surface area contributed by atoms with Crippen molar-refractivity contribution in [2.24, 2.45) is 13.0 Å². The van der Waals surface area contributed by atoms with Crippen molar-refractivity contribution in [3.63, 3.8) is 0 Å². The number of pyridine rings is 1. The molecule has 2 aromatic heterocycles. The molecule has 2 amide bonds. The summed E-state index contributed by atoms with van der Waals surface area (Å²) in [5.41, 5.74) is 1.72. The highest BCUT2D eigenvalue weighted by molar-refractivity contribution is 6.31. The van der Waals surface area contributed by atoms with Crippen molar-refractivity contribution in [2.75, 3.05) is 13.1 Å². The molecule has 0 N–H and O–H groups in total. The minimum absolute atomic E-state index is 0.0658. The van der Waals surface area contributed by atoms with Crippen LogP contribution in [0.15, 0.2) is 47.8 Å². The van der Waals surface area contributed by atoms with Gasteiger partial charge in [0.25, 0.3) is 11.8 Å². The Kier molecular flexibility index (Phi) is 3.93. The lowest BCUT2D eigenvalue weighted by Gasteiger charge is -2.44. The summed E-state index contributed by atoms with van der Waals surface area (Å²) in [6.07, 6.45) is 9.74. The number of amides is 2. The normalized spacial score (nSPS) is 25.3. The van der Waals surface area contributed by atoms with Crippen LogP contribution in [0, 0.1) is 12.8 Å². The predicted molar refractivity (Wildman–Crippen MR) is 107 cm³/mol. The van der Waals surface area contributed by atoms with E-state index < -0.39 is 5.66 Å². The van der Waals surface area contributed by atoms with Crippen molar-refractivity contribution >= 4 is 23.4 Å². The number of aryl methyl sites for hydroxylation is 2. The average Bonchev–Trinajstić information content (AvgIpc) is 3.35. The minimum Gasteiger partial charge on any atom is -0.309 e. The van der Waals surface area contributed by atoms with E-state index in [-0.39, 0.29) is 17.7 Å². The molecule has 2 atom stereocenters. The molecule has 1 fully saturated rings. The number of halogens is 1. The van der Waals surface area contributed by atoms with Crippen molar-refractivity contribution in [2.45, 2.75) is 19.0 Å². The Bertz CT molecular complexity index is 1080. The summed E-state index contributed by atoms with van der Waals surface area (Å²) in [4.78, 5) is 34.7. The summed E-state index contributed by atoms with van der Waals surface area (Å²) >= 11 is 6.16. The van der Waals surface area contributed by atoms with Crippen LogP contribution in [0.2, 0.25) is 0 Å². The van der Waals surface area contributed by atoms with Gasteiger partial charge in [0, 0.05) is 54.7 Å². The van der Waals surface area contributed by atoms with E-state index in [1.165, 1.54) is 0 Å². The summed E-state index contributed by atoms with van der Waals surface area (Å²) < 4.78 is 1.69. The first-order chi connectivity index (χ1) is 13.9. The summed E-state index contributed by atoms with van der Waals surface area (Å²) in [6, 6.07) is 3.52. The van der Waals surface area contributed by atoms with E-state index >= 15 is 0 Å². The van der Waals surface area contributed by atoms with Crippen LogP contribution in [0.5, 0.6) is 0 Å². The molecular formula is C21H20ClN5O2. The highest BCUT2D eigenvalue weighted by atomic mass is 35.5. The first kappa shape index (κ1) is 18.1. The molecule has 0 saturated carbocycles. The molecule has 0 radical (unpaired) electrons. The summed E-state index contributed by atoms with van der Waals surface area (Å²) in [7, 11) is 1.81. The molecule has 0 bridgehead atoms. The van der Waals surface area contributed by atoms with Crippen molar-refractivity contribution in [3.05, 3.63) is 70.3 Å². The van der Waals surface area contributed by atoms with Crippen molar-refractivity contribution < 1.29 is 9.59 Å². The van der Waals surface area contributed by atoms with Gasteiger partial charge in [-0.25, -0.2) is 0 Å². The Hall–Kier alpha value is -2.93. The second-order valence-electron chi connectivity index (χ2n) is 7.65. The van der Waals surface area contributed by atoms with Crippen LogP contribution in [0.3, 0.4) is 0 Å². The first-order valence-corrected chi connectivity index (χ1v) is 9.95. The summed E-state index contributed by atoms with van der Waals surface area (Å²) in [5.74, 6) is -0.380. The van der Waals surface area contributed by atoms with Crippen LogP contribution >= 0.6 is 11.6 Å². The molecular weight excluding hydrogens is 390 g/mol. The van der Waals surface area contributed by atoms with Gasteiger partial charge in [0.15, 0.2) is 11.4 Å². The van der Waals surface area contributed by atoms with E-state index in [0.29, 0.717) is 35.8 Å². The maximum absolute atomic E-state index is 13.6. The fourth-order valence-corrected chi connectivity index (χ4v) is 4.97. The van der Waals surface area contributed by atoms with E-state index in [1.54, 1.807) is 34.1 Å². The number of nitrogens with zero attached hydrogens (tertiary/aromatic N) is 5. The Morgan fingerprint density at radius 3 is 2.86 bits per heavy atom. The van der Waals surface area contributed by atoms with Crippen LogP contribution in [-0.4, -0.2) is 49.5 Å². The lowest BCUT2D eigenvalue weighted by Crippen LogP contribution is -2.55. The number of hydrogen-bond donors (Lipinski definition) is 0. The number of hydrogen-bond acceptors (Lipinski definition) is 4. The maximum Gasteiger partial charge on any atom is 0.276 e. The van der Waals surface area contributed by atoms with Crippen molar-refractivity contribution in [3.8, 4) is 0 Å². The molecule has 148 valence electrons. The van der Waals surface area contributed by atoms with Crippen LogP contribution in [0.1, 0.15) is 38.5 Å². The maximum atomic E-state index is 13.6. The second kappa shape index (κ2) is 6.29. The van der Waals surface area contributed by atoms with E-state index in [4.69, 9.17) is 11.6 Å². The highest BCUT2D eigenvalue weighted by Crippen LogP contribution is 2.52. The molecule has 5 rings (SSSR count). The van der Waals surface area contributed by atoms with Gasteiger partial charge in [-0.2, -0.15) is 5.10 Å². The third kappa shape index (κ3) is 2.37. The third-order valence-corrected chi connectivity index (χ3v) is 6.49. The van der Waals surface area contributed by atoms with Crippen LogP contribution in [0.25, 0.3) is 0 Å². The number of aromatic nitrogens is 3. The Morgan fingerprint density at radius 1 is 1.34 bits per heavy atom. The molecule has 4 heterocycles. The number of allylic oxidation sites excluding steroid dienone is 3. The summed E-state index contributed by atoms with van der Waals surface area (Å²) in [6.45, 7) is 2.81. The van der Waals surface area contributed by atoms with Gasteiger partial charge in [-0.15, -0.1) is 0 Å². The largest absolute Gasteiger partial charge is 0.309 e. The average molecular weight is 410 g/mol. The zero-order valence-electron chi connectivity index (χ0n) is 16.2. The smallest absolute Gasteiger partial charge is 0.276 e. The molecule has 7 nitrogen and oxygen atoms in total. The topological polar surface area (TPSA) is 71.3 Å². The van der Waals surface area contributed by atoms with Gasteiger partial charge >= 0.3 is 0 Å². The van der Waals surface area contributed by atoms with Gasteiger partial charge in [-0.3, -0.25) is 19.3 Å². The first-order valence-electron chi connectivity index (χ1n) is 9.57. The molecule has 0 spiro atoms. The molecule has 2 unspecified atom stereocenters. The van der Waals surface area contributed by atoms with Gasteiger partial charge in [-0.1, -0.05) is 23.8 Å². The Morgan fingerprint density at radius 2 is 2.17 bits per heavy atom. The molecule has 29 heavy (non-hydrogen) atoms. The van der Waals surface area contributed by atoms with Crippen LogP contribution in [-0.2, 0) is 12.7 Å². The van der Waals surface area contributed by atoms with E-state index in [0.717, 1.165) is 11.3 Å². The lowest BCUT2D eigenvalue weighted by atomic mass is 9.81. The molecule has 2 aliphatic heterocycles. The van der Waals surface area contributed by atoms with Crippen molar-refractivity contribution in [1.29, 1.82) is 0 Å². The van der Waals surface area contributed by atoms with Gasteiger partial charge < -0.3 is 9.80 Å². The zero-order valence-corrected chi connectivity index (χ0v) is 16.9. The molecule has 1 saturated heterocycles. The molecule has 3 aliphatic rings. The van der Waals surface area contributed by atoms with Gasteiger partial charge in [0.1, 0.15) is 0 Å².